The molecule has 0 aromatic rings. The second-order valence-corrected chi connectivity index (χ2v) is 7.43. The zero-order valence-electron chi connectivity index (χ0n) is 9.23. The van der Waals surface area contributed by atoms with Crippen molar-refractivity contribution >= 4 is 27.2 Å². The van der Waals surface area contributed by atoms with Gasteiger partial charge in [0.1, 0.15) is 0 Å². The van der Waals surface area contributed by atoms with Gasteiger partial charge >= 0.3 is 0 Å². The number of hydrogen-bond donors (Lipinski definition) is 1. The molecule has 0 rings (SSSR count). The number of sulfonamides is 1. The highest BCUT2D eigenvalue weighted by Crippen LogP contribution is 2.20. The quantitative estimate of drug-likeness (QED) is 0.736. The van der Waals surface area contributed by atoms with Crippen LogP contribution in [0.15, 0.2) is 0 Å². The zero-order valence-corrected chi connectivity index (χ0v) is 10.9. The second kappa shape index (κ2) is 4.12. The lowest BCUT2D eigenvalue weighted by Gasteiger charge is -2.30. The lowest BCUT2D eigenvalue weighted by atomic mass is 10.3. The average Bonchev–Trinajstić information content (AvgIpc) is 1.99. The van der Waals surface area contributed by atoms with Gasteiger partial charge in [0.25, 0.3) is 0 Å². The average molecular weight is 238 g/mol. The summed E-state index contributed by atoms with van der Waals surface area (Å²) in [5, 5.41) is 0. The molecule has 4 nitrogen and oxygen atoms in total. The van der Waals surface area contributed by atoms with Crippen molar-refractivity contribution in [3.63, 3.8) is 0 Å². The van der Waals surface area contributed by atoms with E-state index in [0.717, 1.165) is 0 Å². The van der Waals surface area contributed by atoms with E-state index in [1.807, 2.05) is 0 Å². The van der Waals surface area contributed by atoms with E-state index in [4.69, 9.17) is 18.0 Å². The summed E-state index contributed by atoms with van der Waals surface area (Å²) in [6, 6.07) is -0.450. The minimum Gasteiger partial charge on any atom is -0.392 e. The second-order valence-electron chi connectivity index (χ2n) is 4.21. The molecule has 1 unspecified atom stereocenters. The Balaban J connectivity index is 5.06. The molecular formula is C8H18N2O2S2. The predicted octanol–water partition coefficient (Wildman–Crippen LogP) is 0.721. The maximum Gasteiger partial charge on any atom is 0.219 e. The van der Waals surface area contributed by atoms with Crippen LogP contribution in [0, 0.1) is 0 Å². The summed E-state index contributed by atoms with van der Waals surface area (Å²) in [5.41, 5.74) is 5.40. The number of nitrogens with zero attached hydrogens (tertiary/aromatic N) is 1. The van der Waals surface area contributed by atoms with Crippen LogP contribution in [0.25, 0.3) is 0 Å². The Morgan fingerprint density at radius 2 is 1.79 bits per heavy atom. The number of hydrogen-bond acceptors (Lipinski definition) is 3. The van der Waals surface area contributed by atoms with E-state index >= 15 is 0 Å². The normalized spacial score (nSPS) is 15.6. The van der Waals surface area contributed by atoms with Crippen molar-refractivity contribution in [3.8, 4) is 0 Å². The third kappa shape index (κ3) is 2.65. The van der Waals surface area contributed by atoms with E-state index in [0.29, 0.717) is 0 Å². The van der Waals surface area contributed by atoms with Gasteiger partial charge < -0.3 is 5.73 Å². The fourth-order valence-electron chi connectivity index (χ4n) is 0.819. The first-order valence-corrected chi connectivity index (χ1v) is 6.13. The van der Waals surface area contributed by atoms with Gasteiger partial charge in [0, 0.05) is 7.05 Å². The molecule has 0 aliphatic heterocycles. The van der Waals surface area contributed by atoms with Gasteiger partial charge in [0.05, 0.1) is 15.8 Å². The van der Waals surface area contributed by atoms with Gasteiger partial charge in [-0.3, -0.25) is 0 Å². The lowest BCUT2D eigenvalue weighted by Crippen LogP contribution is -2.49. The van der Waals surface area contributed by atoms with Crippen LogP contribution in [0.2, 0.25) is 0 Å². The molecule has 0 spiro atoms. The molecule has 6 heteroatoms. The van der Waals surface area contributed by atoms with E-state index in [9.17, 15) is 8.42 Å². The molecule has 2 N–H and O–H groups in total. The van der Waals surface area contributed by atoms with Crippen LogP contribution in [0.4, 0.5) is 0 Å². The number of rotatable bonds is 3. The van der Waals surface area contributed by atoms with Gasteiger partial charge in [-0.1, -0.05) is 12.2 Å². The van der Waals surface area contributed by atoms with Gasteiger partial charge in [0.2, 0.25) is 10.0 Å². The summed E-state index contributed by atoms with van der Waals surface area (Å²) in [7, 11) is -1.86. The van der Waals surface area contributed by atoms with E-state index in [-0.39, 0.29) is 4.99 Å². The summed E-state index contributed by atoms with van der Waals surface area (Å²) in [6.45, 7) is 6.60. The van der Waals surface area contributed by atoms with Crippen LogP contribution in [0.5, 0.6) is 0 Å². The fourth-order valence-corrected chi connectivity index (χ4v) is 2.44. The van der Waals surface area contributed by atoms with E-state index < -0.39 is 20.8 Å². The van der Waals surface area contributed by atoms with Crippen molar-refractivity contribution in [2.75, 3.05) is 7.05 Å². The minimum absolute atomic E-state index is 0.181. The Morgan fingerprint density at radius 1 is 1.43 bits per heavy atom. The molecule has 14 heavy (non-hydrogen) atoms. The van der Waals surface area contributed by atoms with Crippen LogP contribution in [0.1, 0.15) is 27.7 Å². The maximum atomic E-state index is 11.9. The van der Waals surface area contributed by atoms with Crippen LogP contribution >= 0.6 is 12.2 Å². The highest BCUT2D eigenvalue weighted by Gasteiger charge is 2.35. The molecule has 84 valence electrons. The summed E-state index contributed by atoms with van der Waals surface area (Å²) in [4.78, 5) is 0.181. The topological polar surface area (TPSA) is 63.4 Å². The van der Waals surface area contributed by atoms with Gasteiger partial charge in [-0.15, -0.1) is 0 Å². The third-order valence-electron chi connectivity index (χ3n) is 2.11. The van der Waals surface area contributed by atoms with Crippen molar-refractivity contribution in [2.45, 2.75) is 38.5 Å². The van der Waals surface area contributed by atoms with Gasteiger partial charge in [-0.2, -0.15) is 4.31 Å². The monoisotopic (exact) mass is 238 g/mol. The first kappa shape index (κ1) is 13.8. The first-order chi connectivity index (χ1) is 6.01. The highest BCUT2D eigenvalue weighted by molar-refractivity contribution is 7.90. The van der Waals surface area contributed by atoms with Gasteiger partial charge in [0.15, 0.2) is 0 Å². The van der Waals surface area contributed by atoms with Crippen molar-refractivity contribution in [1.82, 2.24) is 4.31 Å². The van der Waals surface area contributed by atoms with Crippen molar-refractivity contribution < 1.29 is 8.42 Å². The van der Waals surface area contributed by atoms with Crippen molar-refractivity contribution in [3.05, 3.63) is 0 Å². The largest absolute Gasteiger partial charge is 0.392 e. The molecule has 0 fully saturated rings. The minimum atomic E-state index is -3.35. The Bertz CT molecular complexity index is 317. The molecule has 0 aromatic heterocycles. The summed E-state index contributed by atoms with van der Waals surface area (Å²) < 4.78 is 24.2. The van der Waals surface area contributed by atoms with Crippen LogP contribution in [-0.4, -0.2) is 35.5 Å². The number of nitrogens with two attached hydrogens (primary N) is 1. The molecule has 0 radical (unpaired) electrons. The first-order valence-electron chi connectivity index (χ1n) is 4.28. The van der Waals surface area contributed by atoms with Gasteiger partial charge in [-0.25, -0.2) is 8.42 Å². The molecule has 0 amide bonds. The smallest absolute Gasteiger partial charge is 0.219 e. The summed E-state index contributed by atoms with van der Waals surface area (Å²) in [5.74, 6) is 0. The van der Waals surface area contributed by atoms with E-state index in [2.05, 4.69) is 0 Å². The maximum absolute atomic E-state index is 11.9. The van der Waals surface area contributed by atoms with Crippen LogP contribution in [0.3, 0.4) is 0 Å². The molecule has 0 saturated carbocycles. The lowest BCUT2D eigenvalue weighted by molar-refractivity contribution is 0.429. The molecule has 0 aromatic carbocycles. The molecule has 0 aliphatic carbocycles. The number of thiocarbonyl (C=S) groups is 1. The SMILES string of the molecule is CC(C(N)=S)N(C)S(=O)(=O)C(C)(C)C. The Labute approximate surface area is 91.5 Å². The molecule has 0 aliphatic rings. The Morgan fingerprint density at radius 3 is 2.00 bits per heavy atom. The standard InChI is InChI=1S/C8H18N2O2S2/c1-6(7(9)13)10(5)14(11,12)8(2,3)4/h6H,1-5H3,(H2,9,13). The fraction of sp³-hybridized carbons (Fsp3) is 0.875. The zero-order chi connectivity index (χ0) is 11.7. The molecule has 0 heterocycles. The van der Waals surface area contributed by atoms with E-state index in [1.165, 1.54) is 11.4 Å². The Hall–Kier alpha value is -0.200. The summed E-state index contributed by atoms with van der Waals surface area (Å²) >= 11 is 4.76. The Kier molecular flexibility index (Phi) is 4.06. The van der Waals surface area contributed by atoms with Crippen molar-refractivity contribution in [2.24, 2.45) is 5.73 Å². The summed E-state index contributed by atoms with van der Waals surface area (Å²) in [6.07, 6.45) is 0. The molecular weight excluding hydrogens is 220 g/mol. The van der Waals surface area contributed by atoms with Gasteiger partial charge in [-0.05, 0) is 27.7 Å². The van der Waals surface area contributed by atoms with Crippen LogP contribution in [-0.2, 0) is 10.0 Å². The molecule has 0 saturated heterocycles. The van der Waals surface area contributed by atoms with Crippen molar-refractivity contribution in [1.29, 1.82) is 0 Å². The number of likely N-dealkylation sites (N-methyl/N-ethyl adjacent to an activating group) is 1. The third-order valence-corrected chi connectivity index (χ3v) is 5.07. The predicted molar refractivity (Wildman–Crippen MR) is 62.7 cm³/mol. The van der Waals surface area contributed by atoms with Crippen LogP contribution < -0.4 is 5.73 Å². The molecule has 0 bridgehead atoms. The van der Waals surface area contributed by atoms with E-state index in [1.54, 1.807) is 27.7 Å². The highest BCUT2D eigenvalue weighted by atomic mass is 32.2. The molecule has 1 atom stereocenters.